The van der Waals surface area contributed by atoms with Crippen LogP contribution in [0, 0.1) is 11.7 Å². The Kier molecular flexibility index (Phi) is 4.62. The highest BCUT2D eigenvalue weighted by Gasteiger charge is 2.27. The fourth-order valence-corrected chi connectivity index (χ4v) is 1.89. The molecule has 1 aromatic rings. The molecule has 1 rings (SSSR count). The number of rotatable bonds is 4. The third-order valence-electron chi connectivity index (χ3n) is 2.15. The van der Waals surface area contributed by atoms with E-state index < -0.39 is 23.7 Å². The summed E-state index contributed by atoms with van der Waals surface area (Å²) >= 11 is 3.09. The summed E-state index contributed by atoms with van der Waals surface area (Å²) in [5, 5.41) is 8.87. The van der Waals surface area contributed by atoms with Crippen molar-refractivity contribution in [2.45, 2.75) is 6.42 Å². The lowest BCUT2D eigenvalue weighted by atomic mass is 9.99. The lowest BCUT2D eigenvalue weighted by molar-refractivity contribution is -0.156. The Balaban J connectivity index is 2.93. The van der Waals surface area contributed by atoms with Crippen molar-refractivity contribution in [2.75, 3.05) is 7.11 Å². The van der Waals surface area contributed by atoms with Crippen LogP contribution in [0.25, 0.3) is 0 Å². The van der Waals surface area contributed by atoms with Gasteiger partial charge in [-0.1, -0.05) is 15.9 Å². The first kappa shape index (κ1) is 13.6. The van der Waals surface area contributed by atoms with E-state index in [-0.39, 0.29) is 6.42 Å². The van der Waals surface area contributed by atoms with Crippen LogP contribution in [0.3, 0.4) is 0 Å². The monoisotopic (exact) mass is 304 g/mol. The summed E-state index contributed by atoms with van der Waals surface area (Å²) in [6, 6.07) is 3.99. The van der Waals surface area contributed by atoms with Crippen LogP contribution in [0.2, 0.25) is 0 Å². The molecular formula is C11H10BrFO4. The van der Waals surface area contributed by atoms with Gasteiger partial charge in [0.15, 0.2) is 5.92 Å². The van der Waals surface area contributed by atoms with Gasteiger partial charge in [0.25, 0.3) is 0 Å². The molecule has 0 spiro atoms. The van der Waals surface area contributed by atoms with Crippen molar-refractivity contribution in [1.82, 2.24) is 0 Å². The van der Waals surface area contributed by atoms with Gasteiger partial charge in [-0.3, -0.25) is 9.59 Å². The first-order valence-corrected chi connectivity index (χ1v) is 5.49. The number of carboxylic acids is 1. The van der Waals surface area contributed by atoms with Crippen molar-refractivity contribution in [3.05, 3.63) is 34.1 Å². The molecule has 0 amide bonds. The number of carbonyl (C=O) groups excluding carboxylic acids is 1. The molecule has 17 heavy (non-hydrogen) atoms. The molecule has 92 valence electrons. The van der Waals surface area contributed by atoms with E-state index in [9.17, 15) is 14.0 Å². The Labute approximate surface area is 106 Å². The van der Waals surface area contributed by atoms with Gasteiger partial charge in [-0.2, -0.15) is 0 Å². The molecule has 0 aliphatic rings. The zero-order valence-electron chi connectivity index (χ0n) is 8.94. The zero-order chi connectivity index (χ0) is 13.0. The molecule has 0 saturated carbocycles. The number of methoxy groups -OCH3 is 1. The van der Waals surface area contributed by atoms with Crippen LogP contribution in [-0.2, 0) is 20.7 Å². The quantitative estimate of drug-likeness (QED) is 0.682. The standard InChI is InChI=1S/C11H10BrFO4/c1-17-11(16)9(10(14)15)4-6-2-7(12)5-8(13)3-6/h2-3,5,9H,4H2,1H3,(H,14,15). The minimum atomic E-state index is -1.33. The Bertz CT molecular complexity index is 427. The number of benzene rings is 1. The summed E-state index contributed by atoms with van der Waals surface area (Å²) in [4.78, 5) is 22.1. The van der Waals surface area contributed by atoms with E-state index in [0.717, 1.165) is 7.11 Å². The van der Waals surface area contributed by atoms with E-state index in [1.54, 1.807) is 6.07 Å². The Morgan fingerprint density at radius 1 is 1.47 bits per heavy atom. The summed E-state index contributed by atoms with van der Waals surface area (Å²) in [6.07, 6.45) is -0.113. The van der Waals surface area contributed by atoms with E-state index >= 15 is 0 Å². The van der Waals surface area contributed by atoms with Gasteiger partial charge in [-0.15, -0.1) is 0 Å². The van der Waals surface area contributed by atoms with Crippen LogP contribution < -0.4 is 0 Å². The van der Waals surface area contributed by atoms with Crippen molar-refractivity contribution in [3.63, 3.8) is 0 Å². The first-order valence-electron chi connectivity index (χ1n) is 4.69. The molecule has 6 heteroatoms. The summed E-state index contributed by atoms with van der Waals surface area (Å²) in [6.45, 7) is 0. The van der Waals surface area contributed by atoms with E-state index in [0.29, 0.717) is 10.0 Å². The molecule has 0 aliphatic heterocycles. The van der Waals surface area contributed by atoms with Crippen LogP contribution in [0.1, 0.15) is 5.56 Å². The second-order valence-corrected chi connectivity index (χ2v) is 4.31. The Morgan fingerprint density at radius 2 is 2.12 bits per heavy atom. The van der Waals surface area contributed by atoms with Crippen LogP contribution in [0.15, 0.2) is 22.7 Å². The van der Waals surface area contributed by atoms with E-state index in [4.69, 9.17) is 5.11 Å². The van der Waals surface area contributed by atoms with Gasteiger partial charge in [-0.05, 0) is 30.2 Å². The molecule has 1 aromatic carbocycles. The maximum Gasteiger partial charge on any atom is 0.320 e. The van der Waals surface area contributed by atoms with Crippen molar-refractivity contribution in [3.8, 4) is 0 Å². The molecule has 0 fully saturated rings. The summed E-state index contributed by atoms with van der Waals surface area (Å²) < 4.78 is 17.9. The van der Waals surface area contributed by atoms with Crippen LogP contribution in [-0.4, -0.2) is 24.2 Å². The number of aliphatic carboxylic acids is 1. The highest BCUT2D eigenvalue weighted by Crippen LogP contribution is 2.18. The largest absolute Gasteiger partial charge is 0.481 e. The van der Waals surface area contributed by atoms with E-state index in [1.807, 2.05) is 0 Å². The molecule has 1 unspecified atom stereocenters. The van der Waals surface area contributed by atoms with Gasteiger partial charge in [-0.25, -0.2) is 4.39 Å². The number of halogens is 2. The minimum absolute atomic E-state index is 0.113. The first-order chi connectivity index (χ1) is 7.93. The van der Waals surface area contributed by atoms with Crippen LogP contribution >= 0.6 is 15.9 Å². The SMILES string of the molecule is COC(=O)C(Cc1cc(F)cc(Br)c1)C(=O)O. The zero-order valence-corrected chi connectivity index (χ0v) is 10.5. The second-order valence-electron chi connectivity index (χ2n) is 3.40. The highest BCUT2D eigenvalue weighted by molar-refractivity contribution is 9.10. The molecule has 0 aromatic heterocycles. The maximum atomic E-state index is 13.1. The number of ether oxygens (including phenoxy) is 1. The molecule has 0 aliphatic carbocycles. The summed E-state index contributed by atoms with van der Waals surface area (Å²) in [5.41, 5.74) is 0.412. The molecule has 4 nitrogen and oxygen atoms in total. The summed E-state index contributed by atoms with van der Waals surface area (Å²) in [7, 11) is 1.11. The molecule has 0 heterocycles. The number of hydrogen-bond acceptors (Lipinski definition) is 3. The normalized spacial score (nSPS) is 11.9. The van der Waals surface area contributed by atoms with Gasteiger partial charge in [0.05, 0.1) is 7.11 Å². The molecule has 0 saturated heterocycles. The Hall–Kier alpha value is -1.43. The highest BCUT2D eigenvalue weighted by atomic mass is 79.9. The molecular weight excluding hydrogens is 295 g/mol. The third-order valence-corrected chi connectivity index (χ3v) is 2.60. The topological polar surface area (TPSA) is 63.6 Å². The molecule has 0 radical (unpaired) electrons. The van der Waals surface area contributed by atoms with Gasteiger partial charge in [0.2, 0.25) is 0 Å². The summed E-state index contributed by atoms with van der Waals surface area (Å²) in [5.74, 6) is -3.97. The average Bonchev–Trinajstić information content (AvgIpc) is 2.23. The second kappa shape index (κ2) is 5.77. The van der Waals surface area contributed by atoms with Gasteiger partial charge >= 0.3 is 11.9 Å². The maximum absolute atomic E-state index is 13.1. The van der Waals surface area contributed by atoms with Crippen molar-refractivity contribution in [2.24, 2.45) is 5.92 Å². The fourth-order valence-electron chi connectivity index (χ4n) is 1.38. The lowest BCUT2D eigenvalue weighted by Gasteiger charge is -2.10. The Morgan fingerprint density at radius 3 is 2.59 bits per heavy atom. The smallest absolute Gasteiger partial charge is 0.320 e. The third kappa shape index (κ3) is 3.81. The molecule has 1 N–H and O–H groups in total. The fraction of sp³-hybridized carbons (Fsp3) is 0.273. The van der Waals surface area contributed by atoms with Crippen molar-refractivity contribution < 1.29 is 23.8 Å². The predicted octanol–water partition coefficient (Wildman–Crippen LogP) is 2.00. The van der Waals surface area contributed by atoms with Crippen molar-refractivity contribution in [1.29, 1.82) is 0 Å². The van der Waals surface area contributed by atoms with Gasteiger partial charge < -0.3 is 9.84 Å². The van der Waals surface area contributed by atoms with Crippen LogP contribution in [0.5, 0.6) is 0 Å². The molecule has 0 bridgehead atoms. The van der Waals surface area contributed by atoms with Crippen LogP contribution in [0.4, 0.5) is 4.39 Å². The van der Waals surface area contributed by atoms with E-state index in [1.165, 1.54) is 12.1 Å². The number of carbonyl (C=O) groups is 2. The van der Waals surface area contributed by atoms with E-state index in [2.05, 4.69) is 20.7 Å². The van der Waals surface area contributed by atoms with Gasteiger partial charge in [0, 0.05) is 4.47 Å². The predicted molar refractivity (Wildman–Crippen MR) is 60.9 cm³/mol. The number of hydrogen-bond donors (Lipinski definition) is 1. The number of carboxylic acid groups (broad SMARTS) is 1. The van der Waals surface area contributed by atoms with Gasteiger partial charge in [0.1, 0.15) is 5.82 Å². The lowest BCUT2D eigenvalue weighted by Crippen LogP contribution is -2.27. The minimum Gasteiger partial charge on any atom is -0.481 e. The number of esters is 1. The average molecular weight is 305 g/mol. The molecule has 1 atom stereocenters. The van der Waals surface area contributed by atoms with Crippen molar-refractivity contribution >= 4 is 27.9 Å².